The normalized spacial score (nSPS) is 21.0. The highest BCUT2D eigenvalue weighted by atomic mass is 16.2. The lowest BCUT2D eigenvalue weighted by Crippen LogP contribution is -2.37. The molecule has 2 fully saturated rings. The molecule has 0 saturated carbocycles. The van der Waals surface area contributed by atoms with Gasteiger partial charge in [-0.1, -0.05) is 0 Å². The Morgan fingerprint density at radius 3 is 2.00 bits per heavy atom. The summed E-state index contributed by atoms with van der Waals surface area (Å²) in [5, 5.41) is 0. The molecule has 1 aromatic rings. The molecule has 0 N–H and O–H groups in total. The molecule has 0 spiro atoms. The van der Waals surface area contributed by atoms with E-state index in [4.69, 9.17) is 0 Å². The molecule has 6 heteroatoms. The maximum absolute atomic E-state index is 12.9. The topological polar surface area (TPSA) is 58.4 Å². The summed E-state index contributed by atoms with van der Waals surface area (Å²) < 4.78 is 2.03. The van der Waals surface area contributed by atoms with Crippen LogP contribution >= 0.6 is 0 Å². The summed E-state index contributed by atoms with van der Waals surface area (Å²) in [5.41, 5.74) is 1.52. The standard InChI is InChI=1S/C18H26N4O2/c23-17(20-11-6-7-12-20)15-14-8-2-5-13-22(14)16(19-15)18(24)21-9-3-1-4-10-21/h1-13H2. The van der Waals surface area contributed by atoms with Crippen LogP contribution in [0, 0.1) is 0 Å². The van der Waals surface area contributed by atoms with Crippen molar-refractivity contribution in [2.75, 3.05) is 26.2 Å². The number of imidazole rings is 1. The minimum atomic E-state index is 0.0123. The van der Waals surface area contributed by atoms with Crippen LogP contribution in [0.4, 0.5) is 0 Å². The van der Waals surface area contributed by atoms with Crippen LogP contribution in [-0.4, -0.2) is 57.3 Å². The van der Waals surface area contributed by atoms with E-state index >= 15 is 0 Å². The second-order valence-electron chi connectivity index (χ2n) is 7.19. The summed E-state index contributed by atoms with van der Waals surface area (Å²) in [6.07, 6.45) is 8.46. The average Bonchev–Trinajstić information content (AvgIpc) is 3.29. The van der Waals surface area contributed by atoms with Crippen LogP contribution in [-0.2, 0) is 13.0 Å². The molecule has 3 aliphatic rings. The van der Waals surface area contributed by atoms with E-state index in [0.29, 0.717) is 11.5 Å². The molecule has 6 nitrogen and oxygen atoms in total. The maximum atomic E-state index is 12.9. The molecule has 0 aromatic carbocycles. The van der Waals surface area contributed by atoms with Gasteiger partial charge in [0.05, 0.1) is 5.69 Å². The summed E-state index contributed by atoms with van der Waals surface area (Å²) >= 11 is 0. The molecular weight excluding hydrogens is 304 g/mol. The van der Waals surface area contributed by atoms with E-state index in [0.717, 1.165) is 83.4 Å². The van der Waals surface area contributed by atoms with E-state index in [9.17, 15) is 9.59 Å². The first kappa shape index (κ1) is 15.7. The van der Waals surface area contributed by atoms with Gasteiger partial charge in [0.15, 0.2) is 5.82 Å². The molecule has 130 valence electrons. The average molecular weight is 330 g/mol. The fourth-order valence-corrected chi connectivity index (χ4v) is 4.19. The Kier molecular flexibility index (Phi) is 4.29. The molecule has 0 bridgehead atoms. The summed E-state index contributed by atoms with van der Waals surface area (Å²) in [7, 11) is 0. The van der Waals surface area contributed by atoms with Crippen LogP contribution in [0.25, 0.3) is 0 Å². The van der Waals surface area contributed by atoms with Crippen molar-refractivity contribution in [3.63, 3.8) is 0 Å². The van der Waals surface area contributed by atoms with Crippen molar-refractivity contribution in [2.24, 2.45) is 0 Å². The molecule has 1 aromatic heterocycles. The smallest absolute Gasteiger partial charge is 0.289 e. The maximum Gasteiger partial charge on any atom is 0.289 e. The number of hydrogen-bond acceptors (Lipinski definition) is 3. The molecule has 2 saturated heterocycles. The third kappa shape index (κ3) is 2.72. The molecule has 2 amide bonds. The van der Waals surface area contributed by atoms with Gasteiger partial charge < -0.3 is 14.4 Å². The quantitative estimate of drug-likeness (QED) is 0.834. The van der Waals surface area contributed by atoms with Crippen LogP contribution in [0.5, 0.6) is 0 Å². The van der Waals surface area contributed by atoms with Gasteiger partial charge in [-0.2, -0.15) is 0 Å². The molecule has 24 heavy (non-hydrogen) atoms. The Labute approximate surface area is 142 Å². The molecule has 0 unspecified atom stereocenters. The van der Waals surface area contributed by atoms with Gasteiger partial charge in [0.1, 0.15) is 5.69 Å². The molecular formula is C18H26N4O2. The number of piperidine rings is 1. The lowest BCUT2D eigenvalue weighted by molar-refractivity contribution is 0.0705. The number of nitrogens with zero attached hydrogens (tertiary/aromatic N) is 4. The van der Waals surface area contributed by atoms with E-state index in [1.807, 2.05) is 14.4 Å². The Morgan fingerprint density at radius 2 is 1.29 bits per heavy atom. The van der Waals surface area contributed by atoms with Gasteiger partial charge in [-0.05, 0) is 51.4 Å². The molecule has 4 heterocycles. The second-order valence-corrected chi connectivity index (χ2v) is 7.19. The van der Waals surface area contributed by atoms with Crippen LogP contribution in [0.3, 0.4) is 0 Å². The van der Waals surface area contributed by atoms with E-state index in [1.54, 1.807) is 0 Å². The monoisotopic (exact) mass is 330 g/mol. The highest BCUT2D eigenvalue weighted by Gasteiger charge is 2.32. The van der Waals surface area contributed by atoms with Crippen molar-refractivity contribution in [2.45, 2.75) is 57.9 Å². The Balaban J connectivity index is 1.66. The highest BCUT2D eigenvalue weighted by Crippen LogP contribution is 2.25. The summed E-state index contributed by atoms with van der Waals surface area (Å²) in [4.78, 5) is 34.2. The minimum absolute atomic E-state index is 0.0123. The number of likely N-dealkylation sites (tertiary alicyclic amines) is 2. The van der Waals surface area contributed by atoms with Gasteiger partial charge in [0.25, 0.3) is 11.8 Å². The lowest BCUT2D eigenvalue weighted by Gasteiger charge is -2.27. The Bertz CT molecular complexity index is 640. The van der Waals surface area contributed by atoms with Gasteiger partial charge in [-0.25, -0.2) is 4.98 Å². The summed E-state index contributed by atoms with van der Waals surface area (Å²) in [6.45, 7) is 4.08. The summed E-state index contributed by atoms with van der Waals surface area (Å²) in [6, 6.07) is 0. The van der Waals surface area contributed by atoms with Crippen molar-refractivity contribution >= 4 is 11.8 Å². The number of aromatic nitrogens is 2. The van der Waals surface area contributed by atoms with Crippen molar-refractivity contribution in [3.8, 4) is 0 Å². The predicted molar refractivity (Wildman–Crippen MR) is 90.1 cm³/mol. The minimum Gasteiger partial charge on any atom is -0.337 e. The van der Waals surface area contributed by atoms with E-state index in [2.05, 4.69) is 4.98 Å². The fraction of sp³-hybridized carbons (Fsp3) is 0.722. The second kappa shape index (κ2) is 6.57. The van der Waals surface area contributed by atoms with Crippen LogP contribution < -0.4 is 0 Å². The first-order valence-corrected chi connectivity index (χ1v) is 9.43. The molecule has 0 aliphatic carbocycles. The SMILES string of the molecule is O=C(c1nc(C(=O)N2CCCCC2)n2c1CCCC2)N1CCCC1. The first-order chi connectivity index (χ1) is 11.8. The van der Waals surface area contributed by atoms with Crippen molar-refractivity contribution in [1.82, 2.24) is 19.4 Å². The first-order valence-electron chi connectivity index (χ1n) is 9.43. The van der Waals surface area contributed by atoms with Crippen LogP contribution in [0.15, 0.2) is 0 Å². The summed E-state index contributed by atoms with van der Waals surface area (Å²) in [5.74, 6) is 0.531. The molecule has 4 rings (SSSR count). The van der Waals surface area contributed by atoms with Crippen LogP contribution in [0.1, 0.15) is 71.7 Å². The number of hydrogen-bond donors (Lipinski definition) is 0. The Hall–Kier alpha value is -1.85. The number of amides is 2. The lowest BCUT2D eigenvalue weighted by atomic mass is 10.1. The third-order valence-corrected chi connectivity index (χ3v) is 5.55. The number of carbonyl (C=O) groups excluding carboxylic acids is 2. The van der Waals surface area contributed by atoms with Crippen molar-refractivity contribution in [3.05, 3.63) is 17.2 Å². The Morgan fingerprint density at radius 1 is 0.708 bits per heavy atom. The van der Waals surface area contributed by atoms with Gasteiger partial charge in [-0.15, -0.1) is 0 Å². The van der Waals surface area contributed by atoms with E-state index < -0.39 is 0 Å². The van der Waals surface area contributed by atoms with E-state index in [1.165, 1.54) is 6.42 Å². The molecule has 0 atom stereocenters. The molecule has 3 aliphatic heterocycles. The van der Waals surface area contributed by atoms with Gasteiger partial charge in [0, 0.05) is 32.7 Å². The number of carbonyl (C=O) groups is 2. The predicted octanol–water partition coefficient (Wildman–Crippen LogP) is 2.08. The van der Waals surface area contributed by atoms with Gasteiger partial charge in [0.2, 0.25) is 0 Å². The largest absolute Gasteiger partial charge is 0.337 e. The van der Waals surface area contributed by atoms with Crippen LogP contribution in [0.2, 0.25) is 0 Å². The zero-order valence-electron chi connectivity index (χ0n) is 14.3. The molecule has 0 radical (unpaired) electrons. The van der Waals surface area contributed by atoms with Gasteiger partial charge in [-0.3, -0.25) is 9.59 Å². The highest BCUT2D eigenvalue weighted by molar-refractivity contribution is 5.97. The third-order valence-electron chi connectivity index (χ3n) is 5.55. The van der Waals surface area contributed by atoms with E-state index in [-0.39, 0.29) is 11.8 Å². The van der Waals surface area contributed by atoms with Gasteiger partial charge >= 0.3 is 0 Å². The van der Waals surface area contributed by atoms with Crippen molar-refractivity contribution in [1.29, 1.82) is 0 Å². The number of fused-ring (bicyclic) bond motifs is 1. The fourth-order valence-electron chi connectivity index (χ4n) is 4.19. The zero-order chi connectivity index (χ0) is 16.5. The zero-order valence-corrected chi connectivity index (χ0v) is 14.3. The van der Waals surface area contributed by atoms with Crippen molar-refractivity contribution < 1.29 is 9.59 Å². The number of rotatable bonds is 2.